The summed E-state index contributed by atoms with van der Waals surface area (Å²) in [7, 11) is 0. The molecular formula is C11H12N2O2. The van der Waals surface area contributed by atoms with Gasteiger partial charge >= 0.3 is 0 Å². The van der Waals surface area contributed by atoms with E-state index >= 15 is 0 Å². The third kappa shape index (κ3) is 1.28. The lowest BCUT2D eigenvalue weighted by Crippen LogP contribution is -2.36. The largest absolute Gasteiger partial charge is 0.475 e. The fraction of sp³-hybridized carbons (Fsp3) is 0.455. The van der Waals surface area contributed by atoms with E-state index in [1.165, 1.54) is 0 Å². The molecule has 3 heterocycles. The SMILES string of the molecule is O=C1c2cccnc2OC[C@@H]2CCCN12. The van der Waals surface area contributed by atoms with E-state index < -0.39 is 0 Å². The lowest BCUT2D eigenvalue weighted by Gasteiger charge is -2.20. The highest BCUT2D eigenvalue weighted by Gasteiger charge is 2.34. The maximum Gasteiger partial charge on any atom is 0.259 e. The van der Waals surface area contributed by atoms with Crippen LogP contribution in [0, 0.1) is 0 Å². The maximum absolute atomic E-state index is 12.1. The zero-order valence-electron chi connectivity index (χ0n) is 8.35. The van der Waals surface area contributed by atoms with E-state index in [0.29, 0.717) is 18.1 Å². The van der Waals surface area contributed by atoms with Crippen LogP contribution in [0.25, 0.3) is 0 Å². The highest BCUT2D eigenvalue weighted by molar-refractivity contribution is 5.97. The summed E-state index contributed by atoms with van der Waals surface area (Å²) in [6, 6.07) is 3.80. The quantitative estimate of drug-likeness (QED) is 0.635. The zero-order valence-corrected chi connectivity index (χ0v) is 8.35. The van der Waals surface area contributed by atoms with Crippen LogP contribution in [-0.2, 0) is 0 Å². The van der Waals surface area contributed by atoms with Gasteiger partial charge in [-0.15, -0.1) is 0 Å². The normalized spacial score (nSPS) is 24.1. The second-order valence-electron chi connectivity index (χ2n) is 3.96. The van der Waals surface area contributed by atoms with Crippen LogP contribution in [0.5, 0.6) is 5.88 Å². The summed E-state index contributed by atoms with van der Waals surface area (Å²) >= 11 is 0. The predicted octanol–water partition coefficient (Wildman–Crippen LogP) is 1.08. The molecule has 1 amide bonds. The van der Waals surface area contributed by atoms with Gasteiger partial charge in [-0.2, -0.15) is 0 Å². The van der Waals surface area contributed by atoms with Crippen molar-refractivity contribution in [3.63, 3.8) is 0 Å². The van der Waals surface area contributed by atoms with Crippen LogP contribution < -0.4 is 4.74 Å². The summed E-state index contributed by atoms with van der Waals surface area (Å²) in [5.74, 6) is 0.551. The average Bonchev–Trinajstić information content (AvgIpc) is 2.69. The molecule has 4 nitrogen and oxygen atoms in total. The van der Waals surface area contributed by atoms with E-state index in [2.05, 4.69) is 4.98 Å². The van der Waals surface area contributed by atoms with E-state index in [1.54, 1.807) is 18.3 Å². The molecule has 0 bridgehead atoms. The third-order valence-corrected chi connectivity index (χ3v) is 3.05. The number of ether oxygens (including phenoxy) is 1. The number of hydrogen-bond acceptors (Lipinski definition) is 3. The van der Waals surface area contributed by atoms with Crippen molar-refractivity contribution in [1.82, 2.24) is 9.88 Å². The van der Waals surface area contributed by atoms with Crippen molar-refractivity contribution < 1.29 is 9.53 Å². The molecule has 78 valence electrons. The van der Waals surface area contributed by atoms with Gasteiger partial charge in [0.1, 0.15) is 12.2 Å². The highest BCUT2D eigenvalue weighted by Crippen LogP contribution is 2.27. The molecule has 0 radical (unpaired) electrons. The van der Waals surface area contributed by atoms with Gasteiger partial charge in [-0.1, -0.05) is 0 Å². The van der Waals surface area contributed by atoms with Gasteiger partial charge in [0.05, 0.1) is 6.04 Å². The van der Waals surface area contributed by atoms with Crippen molar-refractivity contribution in [2.45, 2.75) is 18.9 Å². The lowest BCUT2D eigenvalue weighted by atomic mass is 10.2. The number of fused-ring (bicyclic) bond motifs is 2. The molecule has 0 aromatic carbocycles. The minimum Gasteiger partial charge on any atom is -0.475 e. The predicted molar refractivity (Wildman–Crippen MR) is 53.8 cm³/mol. The van der Waals surface area contributed by atoms with E-state index in [9.17, 15) is 4.79 Å². The van der Waals surface area contributed by atoms with Gasteiger partial charge < -0.3 is 9.64 Å². The van der Waals surface area contributed by atoms with E-state index in [0.717, 1.165) is 19.4 Å². The molecule has 1 saturated heterocycles. The Hall–Kier alpha value is -1.58. The first-order valence-corrected chi connectivity index (χ1v) is 5.25. The second kappa shape index (κ2) is 3.22. The van der Waals surface area contributed by atoms with Gasteiger partial charge in [-0.05, 0) is 25.0 Å². The number of amides is 1. The fourth-order valence-electron chi connectivity index (χ4n) is 2.27. The van der Waals surface area contributed by atoms with Gasteiger partial charge in [-0.3, -0.25) is 4.79 Å². The van der Waals surface area contributed by atoms with E-state index in [-0.39, 0.29) is 11.9 Å². The molecule has 1 aromatic heterocycles. The molecule has 3 rings (SSSR count). The number of pyridine rings is 1. The first-order chi connectivity index (χ1) is 7.36. The zero-order chi connectivity index (χ0) is 10.3. The van der Waals surface area contributed by atoms with E-state index in [1.807, 2.05) is 4.90 Å². The minimum absolute atomic E-state index is 0.0677. The summed E-state index contributed by atoms with van der Waals surface area (Å²) in [4.78, 5) is 18.1. The third-order valence-electron chi connectivity index (χ3n) is 3.05. The number of carbonyl (C=O) groups is 1. The summed E-state index contributed by atoms with van der Waals surface area (Å²) in [6.45, 7) is 1.43. The number of hydrogen-bond donors (Lipinski definition) is 0. The van der Waals surface area contributed by atoms with Crippen LogP contribution in [0.1, 0.15) is 23.2 Å². The standard InChI is InChI=1S/C11H12N2O2/c14-11-9-4-1-5-12-10(9)15-7-8-3-2-6-13(8)11/h1,4-5,8H,2-3,6-7H2/t8-/m0/s1. The molecule has 0 aliphatic carbocycles. The molecule has 1 fully saturated rings. The lowest BCUT2D eigenvalue weighted by molar-refractivity contribution is 0.0726. The Labute approximate surface area is 87.9 Å². The Kier molecular flexibility index (Phi) is 1.87. The molecule has 4 heteroatoms. The monoisotopic (exact) mass is 204 g/mol. The number of carbonyl (C=O) groups excluding carboxylic acids is 1. The summed E-state index contributed by atoms with van der Waals surface area (Å²) < 4.78 is 5.56. The number of aromatic nitrogens is 1. The van der Waals surface area contributed by atoms with Gasteiger partial charge in [0.2, 0.25) is 5.88 Å². The second-order valence-corrected chi connectivity index (χ2v) is 3.96. The van der Waals surface area contributed by atoms with Gasteiger partial charge in [-0.25, -0.2) is 4.98 Å². The maximum atomic E-state index is 12.1. The molecule has 2 aliphatic rings. The molecule has 0 N–H and O–H groups in total. The average molecular weight is 204 g/mol. The first-order valence-electron chi connectivity index (χ1n) is 5.25. The van der Waals surface area contributed by atoms with Crippen LogP contribution >= 0.6 is 0 Å². The summed E-state index contributed by atoms with van der Waals surface area (Å²) in [6.07, 6.45) is 3.78. The van der Waals surface area contributed by atoms with Crippen molar-refractivity contribution >= 4 is 5.91 Å². The van der Waals surface area contributed by atoms with Crippen molar-refractivity contribution in [1.29, 1.82) is 0 Å². The Morgan fingerprint density at radius 1 is 1.53 bits per heavy atom. The first kappa shape index (κ1) is 8.71. The molecule has 0 saturated carbocycles. The molecule has 0 spiro atoms. The summed E-state index contributed by atoms with van der Waals surface area (Å²) in [5, 5.41) is 0. The van der Waals surface area contributed by atoms with Crippen LogP contribution in [0.4, 0.5) is 0 Å². The molecule has 2 aliphatic heterocycles. The van der Waals surface area contributed by atoms with Crippen LogP contribution in [-0.4, -0.2) is 35.0 Å². The van der Waals surface area contributed by atoms with Crippen molar-refractivity contribution in [3.8, 4) is 5.88 Å². The van der Waals surface area contributed by atoms with Crippen molar-refractivity contribution in [2.75, 3.05) is 13.2 Å². The number of rotatable bonds is 0. The summed E-state index contributed by atoms with van der Waals surface area (Å²) in [5.41, 5.74) is 0.599. The Bertz CT molecular complexity index is 405. The Morgan fingerprint density at radius 2 is 2.47 bits per heavy atom. The Balaban J connectivity index is 2.04. The fourth-order valence-corrected chi connectivity index (χ4v) is 2.27. The molecule has 0 unspecified atom stereocenters. The Morgan fingerprint density at radius 3 is 3.40 bits per heavy atom. The van der Waals surface area contributed by atoms with Gasteiger partial charge in [0.25, 0.3) is 5.91 Å². The van der Waals surface area contributed by atoms with Gasteiger partial charge in [0, 0.05) is 12.7 Å². The van der Waals surface area contributed by atoms with Crippen molar-refractivity contribution in [2.24, 2.45) is 0 Å². The molecule has 1 aromatic rings. The van der Waals surface area contributed by atoms with Crippen LogP contribution in [0.3, 0.4) is 0 Å². The molecular weight excluding hydrogens is 192 g/mol. The topological polar surface area (TPSA) is 42.4 Å². The smallest absolute Gasteiger partial charge is 0.259 e. The van der Waals surface area contributed by atoms with Crippen molar-refractivity contribution in [3.05, 3.63) is 23.9 Å². The van der Waals surface area contributed by atoms with Crippen LogP contribution in [0.15, 0.2) is 18.3 Å². The minimum atomic E-state index is 0.0677. The molecule has 1 atom stereocenters. The number of nitrogens with zero attached hydrogens (tertiary/aromatic N) is 2. The van der Waals surface area contributed by atoms with Gasteiger partial charge in [0.15, 0.2) is 0 Å². The van der Waals surface area contributed by atoms with Crippen LogP contribution in [0.2, 0.25) is 0 Å². The highest BCUT2D eigenvalue weighted by atomic mass is 16.5. The van der Waals surface area contributed by atoms with E-state index in [4.69, 9.17) is 4.74 Å². The molecule has 15 heavy (non-hydrogen) atoms.